The lowest BCUT2D eigenvalue weighted by atomic mass is 9.87. The van der Waals surface area contributed by atoms with Crippen LogP contribution in [0, 0.1) is 30.0 Å². The van der Waals surface area contributed by atoms with Gasteiger partial charge in [-0.1, -0.05) is 253 Å². The molecule has 4 saturated heterocycles. The summed E-state index contributed by atoms with van der Waals surface area (Å²) in [7, 11) is 6.54. The number of nitrogens with one attached hydrogen (secondary N) is 1. The number of hydrogen-bond donors (Lipinski definition) is 1. The number of hydrogen-bond acceptors (Lipinski definition) is 19. The number of carbonyl (C=O) groups is 2. The maximum atomic E-state index is 11.4. The summed E-state index contributed by atoms with van der Waals surface area (Å²) in [5.74, 6) is 1.77. The molecule has 29 nitrogen and oxygen atoms in total. The van der Waals surface area contributed by atoms with Crippen LogP contribution >= 0.6 is 12.2 Å². The van der Waals surface area contributed by atoms with Crippen LogP contribution in [0.1, 0.15) is 372 Å². The minimum Gasteiger partial charge on any atom is -0.447 e. The summed E-state index contributed by atoms with van der Waals surface area (Å²) in [5.41, 5.74) is 19.1. The van der Waals surface area contributed by atoms with Gasteiger partial charge in [0.1, 0.15) is 6.61 Å². The number of likely N-dealkylation sites (tertiary alicyclic amines) is 2. The molecule has 814 valence electrons. The zero-order valence-electron chi connectivity index (χ0n) is 97.8. The fraction of sp³-hybridized carbons (Fsp3) is 0.652. The number of H-pyrrole nitrogens is 1. The number of cyclic esters (lactones) is 1. The Morgan fingerprint density at radius 3 is 1.14 bits per heavy atom. The van der Waals surface area contributed by atoms with Crippen LogP contribution in [-0.2, 0) is 111 Å². The second kappa shape index (κ2) is 52.5. The minimum atomic E-state index is -3.24. The molecule has 1 aliphatic carbocycles. The van der Waals surface area contributed by atoms with Gasteiger partial charge in [0.25, 0.3) is 14.9 Å². The Kier molecular flexibility index (Phi) is 44.8. The monoisotopic (exact) mass is 2060 g/mol. The lowest BCUT2D eigenvalue weighted by Gasteiger charge is -2.31. The van der Waals surface area contributed by atoms with Crippen LogP contribution < -0.4 is 4.90 Å². The van der Waals surface area contributed by atoms with Crippen LogP contribution in [0.15, 0.2) is 140 Å². The molecule has 1 N–H and O–H groups in total. The van der Waals surface area contributed by atoms with E-state index < -0.39 is 10.0 Å². The number of aromatic nitrogens is 18. The number of aryl methyl sites for hydroxylation is 4. The van der Waals surface area contributed by atoms with Gasteiger partial charge in [0.05, 0.1) is 93.1 Å². The van der Waals surface area contributed by atoms with Gasteiger partial charge in [-0.3, -0.25) is 42.5 Å². The summed E-state index contributed by atoms with van der Waals surface area (Å²) in [4.78, 5) is 28.9. The van der Waals surface area contributed by atoms with Crippen molar-refractivity contribution < 1.29 is 36.6 Å². The smallest absolute Gasteiger partial charge is 0.414 e. The first-order valence-electron chi connectivity index (χ1n) is 52.2. The number of benzene rings is 2. The number of amides is 2. The quantitative estimate of drug-likeness (QED) is 0.131. The number of nitrogens with zero attached hydrogens (tertiary/aromatic N) is 20. The van der Waals surface area contributed by atoms with Crippen LogP contribution in [0.25, 0.3) is 11.5 Å². The molecular weight excluding hydrogens is 1870 g/mol. The summed E-state index contributed by atoms with van der Waals surface area (Å²) < 4.78 is 57.5. The van der Waals surface area contributed by atoms with Crippen LogP contribution in [0.4, 0.5) is 10.5 Å². The summed E-state index contributed by atoms with van der Waals surface area (Å²) in [6, 6.07) is 17.8. The van der Waals surface area contributed by atoms with Gasteiger partial charge in [-0.2, -0.15) is 44.9 Å². The molecule has 31 heteroatoms. The van der Waals surface area contributed by atoms with Crippen LogP contribution in [-0.4, -0.2) is 198 Å². The highest BCUT2D eigenvalue weighted by Crippen LogP contribution is 2.45. The number of carbonyl (C=O) groups excluding carboxylic acids is 2. The Labute approximate surface area is 883 Å². The first kappa shape index (κ1) is 125. The Hall–Kier alpha value is -9.95. The Morgan fingerprint density at radius 1 is 0.445 bits per heavy atom. The average molecular weight is 2060 g/mol. The van der Waals surface area contributed by atoms with Crippen molar-refractivity contribution in [2.24, 2.45) is 32.5 Å². The maximum Gasteiger partial charge on any atom is 0.414 e. The normalized spacial score (nSPS) is 15.5. The molecule has 0 atom stereocenters. The summed E-state index contributed by atoms with van der Waals surface area (Å²) in [6.07, 6.45) is 38.2. The third-order valence-electron chi connectivity index (χ3n) is 26.6. The highest BCUT2D eigenvalue weighted by atomic mass is 32.2. The molecule has 0 unspecified atom stereocenters. The minimum absolute atomic E-state index is 0.0665. The van der Waals surface area contributed by atoms with Gasteiger partial charge in [0.15, 0.2) is 0 Å². The predicted octanol–water partition coefficient (Wildman–Crippen LogP) is 25.0. The second-order valence-corrected chi connectivity index (χ2v) is 53.2. The Balaban J connectivity index is 0.000000247. The molecule has 5 aliphatic rings. The van der Waals surface area contributed by atoms with E-state index in [0.717, 1.165) is 97.3 Å². The van der Waals surface area contributed by atoms with Gasteiger partial charge < -0.3 is 28.4 Å². The third-order valence-corrected chi connectivity index (χ3v) is 27.6. The van der Waals surface area contributed by atoms with Crippen LogP contribution in [0.5, 0.6) is 0 Å². The molecule has 0 radical (unpaired) electrons. The molecule has 9 aromatic heterocycles. The van der Waals surface area contributed by atoms with E-state index in [1.165, 1.54) is 94.5 Å². The highest BCUT2D eigenvalue weighted by molar-refractivity contribution is 7.89. The third kappa shape index (κ3) is 41.5. The van der Waals surface area contributed by atoms with E-state index in [9.17, 15) is 18.0 Å². The summed E-state index contributed by atoms with van der Waals surface area (Å²) in [5, 5.41) is 40.7. The fourth-order valence-corrected chi connectivity index (χ4v) is 16.6. The van der Waals surface area contributed by atoms with Gasteiger partial charge in [0.2, 0.25) is 11.8 Å². The molecule has 0 bridgehead atoms. The molecule has 146 heavy (non-hydrogen) atoms. The lowest BCUT2D eigenvalue weighted by molar-refractivity contribution is -0.130. The molecule has 1 saturated carbocycles. The molecular formula is C115H189N21O8S2. The maximum absolute atomic E-state index is 11.4. The summed E-state index contributed by atoms with van der Waals surface area (Å²) in [6.45, 7) is 86.7. The van der Waals surface area contributed by atoms with Crippen LogP contribution in [0.3, 0.4) is 0 Å². The fourth-order valence-electron chi connectivity index (χ4n) is 15.9. The van der Waals surface area contributed by atoms with Crippen molar-refractivity contribution in [3.05, 3.63) is 207 Å². The Bertz CT molecular complexity index is 5890. The SMILES string of the molecule is CC(=O)N1CCC(n2cc(C(C)(C)C)cn2)CC1.CC(C)(C)C1CC1.CC(C)(C)c1ccc(-c2n[nH]c(=S)o2)cc1.CC(C)(C)c1ccc(N2CCOC2=O)cc1.CC(C)(C)c1cnn(C2CCOCC2)c1.CC(C)(C)c1cnn(S(C)(=O)=O)c1.CN1CCC(n2cc(C(C)(C)C)cn2)CC1.COCCn1cc(C(C)(C)C)cn1.Cc1c(C(C)(C)C)cnn1C.Cc1nn(C)cc1C(C)(C)C.Cn1cc(C(C)(C)C)cn1. The van der Waals surface area contributed by atoms with Crippen molar-refractivity contribution in [2.75, 3.05) is 84.5 Å². The van der Waals surface area contributed by atoms with Crippen molar-refractivity contribution in [3.8, 4) is 11.5 Å². The van der Waals surface area contributed by atoms with E-state index in [-0.39, 0.29) is 66.2 Å². The molecule has 16 rings (SSSR count). The van der Waals surface area contributed by atoms with Gasteiger partial charge in [-0.25, -0.2) is 18.3 Å². The van der Waals surface area contributed by atoms with E-state index >= 15 is 0 Å². The standard InChI is InChI=1S/C14H23N3O.C13H23N3.C13H17NO2.C12H14N2OS.C12H20N2O.C10H18N2O.2C9H16N2.C8H14N2O2S.C8H14N2.C7H14/c1-11(18)16-7-5-13(6-8-16)17-10-12(9-15-17)14(2,3)4;1-13(2,3)11-9-14-16(10-11)12-5-7-15(4)8-6-12;1-13(2,3)10-4-6-11(7-5-10)14-8-9-16-12(14)15;1-12(2,3)9-6-4-8(5-7-9)10-13-14-11(16)15-10;1-12(2,3)10-8-13-14(9-10)11-4-6-15-7-5-11;1-10(2,3)9-7-11-12(8-9)5-6-13-4;1-7-8(9(2,3)4)6-11(5)10-7;1-7-8(9(2,3)4)6-10-11(7)5;1-8(2,3)7-5-9-10(6-7)13(4,11)12;1-8(2,3)7-5-9-10(4)6-7;1-7(2,3)6-4-5-6/h9-10,13H,5-8H2,1-4H3;9-10,12H,5-8H2,1-4H3;4-7H,8-9H2,1-3H3;4-7H,1-3H3,(H,14,16);8-9,11H,4-7H2,1-3H3;7-8H,5-6H2,1-4H3;2*6H,1-5H3;5-6H,1-4H3;5-6H,1-4H3;6H,4-5H2,1-3H3. The molecule has 4 aliphatic heterocycles. The number of ether oxygens (including phenoxy) is 3. The van der Waals surface area contributed by atoms with Crippen LogP contribution in [0.2, 0.25) is 0 Å². The van der Waals surface area contributed by atoms with Crippen molar-refractivity contribution in [2.45, 2.75) is 379 Å². The zero-order chi connectivity index (χ0) is 110. The molecule has 0 spiro atoms. The second-order valence-electron chi connectivity index (χ2n) is 51.0. The molecule has 11 aromatic rings. The highest BCUT2D eigenvalue weighted by Gasteiger charge is 2.34. The Morgan fingerprint density at radius 2 is 0.849 bits per heavy atom. The molecule has 2 aromatic carbocycles. The van der Waals surface area contributed by atoms with Crippen molar-refractivity contribution in [1.82, 2.24) is 97.6 Å². The number of piperidine rings is 2. The van der Waals surface area contributed by atoms with Crippen molar-refractivity contribution in [3.63, 3.8) is 0 Å². The average Bonchev–Trinajstić information content (AvgIpc) is 1.62. The van der Waals surface area contributed by atoms with E-state index in [1.807, 2.05) is 127 Å². The van der Waals surface area contributed by atoms with E-state index in [1.54, 1.807) is 31.3 Å². The van der Waals surface area contributed by atoms with E-state index in [4.69, 9.17) is 30.8 Å². The summed E-state index contributed by atoms with van der Waals surface area (Å²) >= 11 is 4.83. The topological polar surface area (TPSA) is 290 Å². The van der Waals surface area contributed by atoms with Gasteiger partial charge in [-0.05, 0) is 243 Å². The van der Waals surface area contributed by atoms with Gasteiger partial charge in [0, 0.05) is 122 Å². The molecule has 5 fully saturated rings. The number of methoxy groups -OCH3 is 1. The first-order chi connectivity index (χ1) is 67.0. The first-order valence-corrected chi connectivity index (χ1v) is 54.4. The van der Waals surface area contributed by atoms with Gasteiger partial charge in [-0.15, -0.1) is 5.10 Å². The number of rotatable bonds is 9. The van der Waals surface area contributed by atoms with Crippen molar-refractivity contribution >= 4 is 39.9 Å². The van der Waals surface area contributed by atoms with Crippen molar-refractivity contribution in [1.29, 1.82) is 0 Å². The van der Waals surface area contributed by atoms with E-state index in [0.29, 0.717) is 54.0 Å². The molecule has 2 amide bonds. The zero-order valence-corrected chi connectivity index (χ0v) is 99.4. The number of anilines is 1. The predicted molar refractivity (Wildman–Crippen MR) is 599 cm³/mol. The number of aromatic amines is 1. The lowest BCUT2D eigenvalue weighted by Crippen LogP contribution is -2.37. The van der Waals surface area contributed by atoms with Gasteiger partial charge >= 0.3 is 6.09 Å². The largest absolute Gasteiger partial charge is 0.447 e. The van der Waals surface area contributed by atoms with E-state index in [2.05, 4.69) is 360 Å². The molecule has 13 heterocycles.